The Morgan fingerprint density at radius 1 is 1.07 bits per heavy atom. The molecule has 158 valence electrons. The Labute approximate surface area is 176 Å². The van der Waals surface area contributed by atoms with Crippen molar-refractivity contribution in [1.29, 1.82) is 0 Å². The third-order valence-corrected chi connectivity index (χ3v) is 6.02. The van der Waals surface area contributed by atoms with E-state index in [0.717, 1.165) is 25.4 Å². The number of rotatable bonds is 7. The molecule has 1 N–H and O–H groups in total. The minimum Gasteiger partial charge on any atom is -0.493 e. The first kappa shape index (κ1) is 20.4. The monoisotopic (exact) mass is 407 g/mol. The molecule has 30 heavy (non-hydrogen) atoms. The molecule has 0 atom stereocenters. The summed E-state index contributed by atoms with van der Waals surface area (Å²) in [4.78, 5) is 22.6. The van der Waals surface area contributed by atoms with Crippen LogP contribution in [0.1, 0.15) is 30.7 Å². The van der Waals surface area contributed by atoms with Crippen LogP contribution in [0.4, 0.5) is 0 Å². The van der Waals surface area contributed by atoms with Crippen LogP contribution in [0.3, 0.4) is 0 Å². The predicted molar refractivity (Wildman–Crippen MR) is 118 cm³/mol. The summed E-state index contributed by atoms with van der Waals surface area (Å²) in [6.45, 7) is 2.73. The van der Waals surface area contributed by atoms with Crippen LogP contribution in [0.15, 0.2) is 47.3 Å². The molecule has 0 aliphatic carbocycles. The predicted octanol–water partition coefficient (Wildman–Crippen LogP) is 3.79. The number of aromatic amines is 1. The fourth-order valence-corrected chi connectivity index (χ4v) is 4.25. The van der Waals surface area contributed by atoms with Gasteiger partial charge in [-0.3, -0.25) is 9.69 Å². The van der Waals surface area contributed by atoms with Gasteiger partial charge in [0.05, 0.1) is 31.7 Å². The number of piperidine rings is 1. The zero-order chi connectivity index (χ0) is 20.9. The van der Waals surface area contributed by atoms with E-state index < -0.39 is 0 Å². The highest BCUT2D eigenvalue weighted by Gasteiger charge is 2.20. The summed E-state index contributed by atoms with van der Waals surface area (Å²) in [5, 5.41) is 0.510. The van der Waals surface area contributed by atoms with Crippen molar-refractivity contribution in [3.8, 4) is 11.5 Å². The van der Waals surface area contributed by atoms with Crippen molar-refractivity contribution in [3.05, 3.63) is 64.2 Å². The summed E-state index contributed by atoms with van der Waals surface area (Å²) in [6.07, 6.45) is 4.77. The van der Waals surface area contributed by atoms with Gasteiger partial charge < -0.3 is 14.5 Å². The minimum atomic E-state index is -0.145. The molecule has 0 radical (unpaired) electrons. The highest BCUT2D eigenvalue weighted by Crippen LogP contribution is 2.30. The van der Waals surface area contributed by atoms with Crippen LogP contribution in [-0.4, -0.2) is 42.2 Å². The Balaban J connectivity index is 1.38. The Hall–Kier alpha value is -2.86. The van der Waals surface area contributed by atoms with Crippen molar-refractivity contribution in [2.75, 3.05) is 27.3 Å². The third kappa shape index (κ3) is 4.65. The zero-order valence-corrected chi connectivity index (χ0v) is 17.7. The van der Waals surface area contributed by atoms with Gasteiger partial charge in [0.25, 0.3) is 5.56 Å². The molecule has 1 aliphatic heterocycles. The third-order valence-electron chi connectivity index (χ3n) is 6.02. The molecule has 1 fully saturated rings. The van der Waals surface area contributed by atoms with E-state index in [9.17, 15) is 4.79 Å². The van der Waals surface area contributed by atoms with E-state index >= 15 is 0 Å². The standard InChI is InChI=1S/C24H29N3O3/c1-29-21-14-19-20(15-22(21)30-2)25-23(26-24(19)28)16-27-12-10-18(11-13-27)9-8-17-6-4-3-5-7-17/h3-7,14-15,18H,8-13,16H2,1-2H3,(H,25,26,28). The van der Waals surface area contributed by atoms with Crippen molar-refractivity contribution in [2.24, 2.45) is 5.92 Å². The number of likely N-dealkylation sites (tertiary alicyclic amines) is 1. The Morgan fingerprint density at radius 2 is 1.77 bits per heavy atom. The van der Waals surface area contributed by atoms with Gasteiger partial charge in [0, 0.05) is 6.07 Å². The number of aromatic nitrogens is 2. The first-order valence-electron chi connectivity index (χ1n) is 10.6. The van der Waals surface area contributed by atoms with Gasteiger partial charge in [0.1, 0.15) is 5.82 Å². The van der Waals surface area contributed by atoms with E-state index in [-0.39, 0.29) is 5.56 Å². The first-order chi connectivity index (χ1) is 14.7. The van der Waals surface area contributed by atoms with E-state index in [2.05, 4.69) is 45.2 Å². The average molecular weight is 408 g/mol. The van der Waals surface area contributed by atoms with Crippen molar-refractivity contribution in [2.45, 2.75) is 32.2 Å². The number of hydrogen-bond donors (Lipinski definition) is 1. The first-order valence-corrected chi connectivity index (χ1v) is 10.6. The Morgan fingerprint density at radius 3 is 2.47 bits per heavy atom. The number of fused-ring (bicyclic) bond motifs is 1. The quantitative estimate of drug-likeness (QED) is 0.646. The second-order valence-electron chi connectivity index (χ2n) is 7.98. The van der Waals surface area contributed by atoms with Crippen molar-refractivity contribution < 1.29 is 9.47 Å². The lowest BCUT2D eigenvalue weighted by molar-refractivity contribution is 0.169. The van der Waals surface area contributed by atoms with Crippen molar-refractivity contribution in [3.63, 3.8) is 0 Å². The van der Waals surface area contributed by atoms with Gasteiger partial charge in [-0.05, 0) is 56.3 Å². The molecule has 0 unspecified atom stereocenters. The summed E-state index contributed by atoms with van der Waals surface area (Å²) >= 11 is 0. The van der Waals surface area contributed by atoms with Gasteiger partial charge in [0.2, 0.25) is 0 Å². The highest BCUT2D eigenvalue weighted by atomic mass is 16.5. The van der Waals surface area contributed by atoms with E-state index in [1.807, 2.05) is 0 Å². The van der Waals surface area contributed by atoms with Gasteiger partial charge >= 0.3 is 0 Å². The van der Waals surface area contributed by atoms with Gasteiger partial charge in [-0.2, -0.15) is 0 Å². The van der Waals surface area contributed by atoms with Crippen LogP contribution in [0.25, 0.3) is 10.9 Å². The minimum absolute atomic E-state index is 0.145. The smallest absolute Gasteiger partial charge is 0.258 e. The number of ether oxygens (including phenoxy) is 2. The summed E-state index contributed by atoms with van der Waals surface area (Å²) < 4.78 is 10.6. The Kier molecular flexibility index (Phi) is 6.33. The van der Waals surface area contributed by atoms with Gasteiger partial charge in [0.15, 0.2) is 11.5 Å². The highest BCUT2D eigenvalue weighted by molar-refractivity contribution is 5.81. The maximum atomic E-state index is 12.6. The molecule has 0 spiro atoms. The second kappa shape index (κ2) is 9.30. The van der Waals surface area contributed by atoms with Crippen molar-refractivity contribution >= 4 is 10.9 Å². The number of benzene rings is 2. The fourth-order valence-electron chi connectivity index (χ4n) is 4.25. The van der Waals surface area contributed by atoms with E-state index in [1.54, 1.807) is 26.4 Å². The number of methoxy groups -OCH3 is 2. The molecule has 3 aromatic rings. The molecule has 6 nitrogen and oxygen atoms in total. The van der Waals surface area contributed by atoms with Crippen LogP contribution in [-0.2, 0) is 13.0 Å². The van der Waals surface area contributed by atoms with Gasteiger partial charge in [-0.15, -0.1) is 0 Å². The number of nitrogens with one attached hydrogen (secondary N) is 1. The van der Waals surface area contributed by atoms with Gasteiger partial charge in [-0.1, -0.05) is 30.3 Å². The fraction of sp³-hybridized carbons (Fsp3) is 0.417. The number of H-pyrrole nitrogens is 1. The summed E-state index contributed by atoms with van der Waals surface area (Å²) in [5.41, 5.74) is 1.91. The lowest BCUT2D eigenvalue weighted by atomic mass is 9.90. The number of nitrogens with zero attached hydrogens (tertiary/aromatic N) is 2. The molecule has 0 saturated carbocycles. The maximum Gasteiger partial charge on any atom is 0.258 e. The summed E-state index contributed by atoms with van der Waals surface area (Å²) in [7, 11) is 3.14. The molecule has 1 aliphatic rings. The second-order valence-corrected chi connectivity index (χ2v) is 7.98. The molecule has 0 amide bonds. The van der Waals surface area contributed by atoms with E-state index in [0.29, 0.717) is 34.8 Å². The number of aryl methyl sites for hydroxylation is 1. The molecule has 6 heteroatoms. The van der Waals surface area contributed by atoms with E-state index in [1.165, 1.54) is 24.8 Å². The van der Waals surface area contributed by atoms with Crippen LogP contribution in [0.2, 0.25) is 0 Å². The lowest BCUT2D eigenvalue weighted by Crippen LogP contribution is -2.34. The summed E-state index contributed by atoms with van der Waals surface area (Å²) in [5.74, 6) is 2.57. The largest absolute Gasteiger partial charge is 0.493 e. The van der Waals surface area contributed by atoms with Crippen LogP contribution >= 0.6 is 0 Å². The average Bonchev–Trinajstić information content (AvgIpc) is 2.78. The van der Waals surface area contributed by atoms with Crippen molar-refractivity contribution in [1.82, 2.24) is 14.9 Å². The van der Waals surface area contributed by atoms with Crippen LogP contribution in [0.5, 0.6) is 11.5 Å². The lowest BCUT2D eigenvalue weighted by Gasteiger charge is -2.31. The molecular weight excluding hydrogens is 378 g/mol. The normalized spacial score (nSPS) is 15.4. The molecule has 0 bridgehead atoms. The molecule has 2 aromatic carbocycles. The van der Waals surface area contributed by atoms with Crippen LogP contribution < -0.4 is 15.0 Å². The summed E-state index contributed by atoms with van der Waals surface area (Å²) in [6, 6.07) is 14.2. The van der Waals surface area contributed by atoms with E-state index in [4.69, 9.17) is 9.47 Å². The SMILES string of the molecule is COc1cc2nc(CN3CCC(CCc4ccccc4)CC3)[nH]c(=O)c2cc1OC. The van der Waals surface area contributed by atoms with Crippen LogP contribution in [0, 0.1) is 5.92 Å². The molecular formula is C24H29N3O3. The maximum absolute atomic E-state index is 12.6. The molecule has 1 saturated heterocycles. The molecule has 2 heterocycles. The topological polar surface area (TPSA) is 67.5 Å². The van der Waals surface area contributed by atoms with Gasteiger partial charge in [-0.25, -0.2) is 4.98 Å². The zero-order valence-electron chi connectivity index (χ0n) is 17.7. The molecule has 1 aromatic heterocycles. The Bertz CT molecular complexity index is 1040. The molecule has 4 rings (SSSR count). The number of hydrogen-bond acceptors (Lipinski definition) is 5.